The van der Waals surface area contributed by atoms with Crippen LogP contribution >= 0.6 is 0 Å². The molecule has 1 aromatic carbocycles. The van der Waals surface area contributed by atoms with Gasteiger partial charge in [-0.25, -0.2) is 0 Å². The van der Waals surface area contributed by atoms with E-state index in [9.17, 15) is 0 Å². The molecule has 0 aliphatic carbocycles. The highest BCUT2D eigenvalue weighted by atomic mass is 16.5. The molecular formula is C13H16N2O2. The van der Waals surface area contributed by atoms with Crippen molar-refractivity contribution >= 4 is 5.82 Å². The molecule has 0 saturated heterocycles. The minimum absolute atomic E-state index is 0.196. The fourth-order valence-electron chi connectivity index (χ4n) is 1.47. The normalized spacial score (nSPS) is 11.5. The van der Waals surface area contributed by atoms with Crippen LogP contribution in [0.4, 0.5) is 5.82 Å². The van der Waals surface area contributed by atoms with Crippen molar-refractivity contribution in [1.29, 1.82) is 0 Å². The zero-order chi connectivity index (χ0) is 12.5. The molecule has 1 heterocycles. The number of ether oxygens (including phenoxy) is 1. The molecule has 0 fully saturated rings. The van der Waals surface area contributed by atoms with E-state index in [2.05, 4.69) is 5.16 Å². The van der Waals surface area contributed by atoms with Crippen molar-refractivity contribution in [2.45, 2.75) is 26.4 Å². The summed E-state index contributed by atoms with van der Waals surface area (Å²) in [6.45, 7) is 6.04. The van der Waals surface area contributed by atoms with Gasteiger partial charge in [0.1, 0.15) is 11.4 Å². The fraction of sp³-hybridized carbons (Fsp3) is 0.308. The number of hydrogen-bond donors (Lipinski definition) is 1. The molecule has 0 bridgehead atoms. The predicted molar refractivity (Wildman–Crippen MR) is 66.7 cm³/mol. The average molecular weight is 232 g/mol. The molecule has 0 spiro atoms. The quantitative estimate of drug-likeness (QED) is 0.864. The first-order valence-electron chi connectivity index (χ1n) is 5.46. The van der Waals surface area contributed by atoms with Crippen LogP contribution < -0.4 is 10.5 Å². The van der Waals surface area contributed by atoms with Gasteiger partial charge in [0.25, 0.3) is 0 Å². The second-order valence-corrected chi connectivity index (χ2v) is 4.85. The lowest BCUT2D eigenvalue weighted by Crippen LogP contribution is -2.22. The average Bonchev–Trinajstić information content (AvgIpc) is 2.63. The minimum Gasteiger partial charge on any atom is -0.488 e. The van der Waals surface area contributed by atoms with Crippen molar-refractivity contribution in [2.24, 2.45) is 0 Å². The molecule has 2 aromatic rings. The highest BCUT2D eigenvalue weighted by molar-refractivity contribution is 5.60. The molecule has 2 N–H and O–H groups in total. The molecule has 90 valence electrons. The maximum Gasteiger partial charge on any atom is 0.169 e. The second-order valence-electron chi connectivity index (χ2n) is 4.85. The lowest BCUT2D eigenvalue weighted by Gasteiger charge is -2.21. The number of nitrogens with two attached hydrogens (primary N) is 1. The van der Waals surface area contributed by atoms with Crippen LogP contribution in [-0.2, 0) is 0 Å². The standard InChI is InChI=1S/C13H16N2O2/c1-13(2,3)16-10-6-4-9(5-7-10)11-8-12(14)15-17-11/h4-8H,1-3H3,(H2,14,15). The Hall–Kier alpha value is -1.97. The monoisotopic (exact) mass is 232 g/mol. The summed E-state index contributed by atoms with van der Waals surface area (Å²) < 4.78 is 10.8. The van der Waals surface area contributed by atoms with Gasteiger partial charge in [0.2, 0.25) is 0 Å². The molecule has 4 nitrogen and oxygen atoms in total. The summed E-state index contributed by atoms with van der Waals surface area (Å²) in [5, 5.41) is 3.65. The molecule has 2 rings (SSSR count). The molecule has 0 aliphatic heterocycles. The maximum absolute atomic E-state index is 5.73. The SMILES string of the molecule is CC(C)(C)Oc1ccc(-c2cc(N)no2)cc1. The Morgan fingerprint density at radius 1 is 1.18 bits per heavy atom. The Morgan fingerprint density at radius 2 is 1.82 bits per heavy atom. The molecule has 0 saturated carbocycles. The fourth-order valence-corrected chi connectivity index (χ4v) is 1.47. The summed E-state index contributed by atoms with van der Waals surface area (Å²) in [5.74, 6) is 1.87. The molecule has 0 aliphatic rings. The highest BCUT2D eigenvalue weighted by Gasteiger charge is 2.12. The lowest BCUT2D eigenvalue weighted by molar-refractivity contribution is 0.131. The van der Waals surface area contributed by atoms with Gasteiger partial charge in [0.15, 0.2) is 11.6 Å². The Labute approximate surface area is 100 Å². The third-order valence-electron chi connectivity index (χ3n) is 2.09. The second kappa shape index (κ2) is 4.13. The zero-order valence-electron chi connectivity index (χ0n) is 10.2. The van der Waals surface area contributed by atoms with Crippen LogP contribution in [0.3, 0.4) is 0 Å². The van der Waals surface area contributed by atoms with Crippen molar-refractivity contribution < 1.29 is 9.26 Å². The lowest BCUT2D eigenvalue weighted by atomic mass is 10.1. The Bertz CT molecular complexity index is 495. The smallest absolute Gasteiger partial charge is 0.169 e. The van der Waals surface area contributed by atoms with Crippen LogP contribution in [0.25, 0.3) is 11.3 Å². The van der Waals surface area contributed by atoms with Gasteiger partial charge in [-0.3, -0.25) is 0 Å². The molecular weight excluding hydrogens is 216 g/mol. The minimum atomic E-state index is -0.196. The molecule has 0 unspecified atom stereocenters. The van der Waals surface area contributed by atoms with Gasteiger partial charge in [-0.05, 0) is 45.0 Å². The van der Waals surface area contributed by atoms with Crippen molar-refractivity contribution in [3.8, 4) is 17.1 Å². The van der Waals surface area contributed by atoms with Crippen molar-refractivity contribution in [2.75, 3.05) is 5.73 Å². The summed E-state index contributed by atoms with van der Waals surface area (Å²) in [7, 11) is 0. The zero-order valence-corrected chi connectivity index (χ0v) is 10.2. The summed E-state index contributed by atoms with van der Waals surface area (Å²) in [4.78, 5) is 0. The first-order valence-corrected chi connectivity index (χ1v) is 5.46. The number of rotatable bonds is 2. The van der Waals surface area contributed by atoms with E-state index < -0.39 is 0 Å². The summed E-state index contributed by atoms with van der Waals surface area (Å²) in [5.41, 5.74) is 6.23. The van der Waals surface area contributed by atoms with Crippen molar-refractivity contribution in [3.05, 3.63) is 30.3 Å². The van der Waals surface area contributed by atoms with Gasteiger partial charge >= 0.3 is 0 Å². The van der Waals surface area contributed by atoms with Gasteiger partial charge < -0.3 is 15.0 Å². The third kappa shape index (κ3) is 3.00. The van der Waals surface area contributed by atoms with E-state index in [1.54, 1.807) is 6.07 Å². The Morgan fingerprint density at radius 3 is 2.29 bits per heavy atom. The van der Waals surface area contributed by atoms with Crippen LogP contribution in [0, 0.1) is 0 Å². The topological polar surface area (TPSA) is 61.3 Å². The van der Waals surface area contributed by atoms with E-state index in [1.165, 1.54) is 0 Å². The van der Waals surface area contributed by atoms with Crippen LogP contribution in [0.1, 0.15) is 20.8 Å². The summed E-state index contributed by atoms with van der Waals surface area (Å²) in [6, 6.07) is 9.33. The number of hydrogen-bond acceptors (Lipinski definition) is 4. The van der Waals surface area contributed by atoms with Crippen molar-refractivity contribution in [1.82, 2.24) is 5.16 Å². The molecule has 0 radical (unpaired) electrons. The Kier molecular flexibility index (Phi) is 2.79. The number of benzene rings is 1. The number of anilines is 1. The first kappa shape index (κ1) is 11.5. The first-order chi connectivity index (χ1) is 7.94. The molecule has 1 aromatic heterocycles. The van der Waals surface area contributed by atoms with E-state index >= 15 is 0 Å². The number of nitrogens with zero attached hydrogens (tertiary/aromatic N) is 1. The van der Waals surface area contributed by atoms with Gasteiger partial charge in [-0.2, -0.15) is 0 Å². The largest absolute Gasteiger partial charge is 0.488 e. The highest BCUT2D eigenvalue weighted by Crippen LogP contribution is 2.25. The predicted octanol–water partition coefficient (Wildman–Crippen LogP) is 3.10. The van der Waals surface area contributed by atoms with Crippen LogP contribution in [0.5, 0.6) is 5.75 Å². The number of nitrogen functional groups attached to an aromatic ring is 1. The van der Waals surface area contributed by atoms with Crippen molar-refractivity contribution in [3.63, 3.8) is 0 Å². The van der Waals surface area contributed by atoms with E-state index in [-0.39, 0.29) is 5.60 Å². The molecule has 0 amide bonds. The molecule has 0 atom stereocenters. The number of aromatic nitrogens is 1. The van der Waals surface area contributed by atoms with E-state index in [0.717, 1.165) is 11.3 Å². The van der Waals surface area contributed by atoms with Gasteiger partial charge in [0, 0.05) is 11.6 Å². The third-order valence-corrected chi connectivity index (χ3v) is 2.09. The van der Waals surface area contributed by atoms with E-state index in [4.69, 9.17) is 15.0 Å². The Balaban J connectivity index is 2.19. The van der Waals surface area contributed by atoms with E-state index in [1.807, 2.05) is 45.0 Å². The summed E-state index contributed by atoms with van der Waals surface area (Å²) >= 11 is 0. The summed E-state index contributed by atoms with van der Waals surface area (Å²) in [6.07, 6.45) is 0. The van der Waals surface area contributed by atoms with Gasteiger partial charge in [-0.1, -0.05) is 5.16 Å². The maximum atomic E-state index is 5.73. The van der Waals surface area contributed by atoms with Crippen LogP contribution in [-0.4, -0.2) is 10.8 Å². The van der Waals surface area contributed by atoms with Crippen LogP contribution in [0.15, 0.2) is 34.9 Å². The van der Waals surface area contributed by atoms with E-state index in [0.29, 0.717) is 11.6 Å². The van der Waals surface area contributed by atoms with Crippen LogP contribution in [0.2, 0.25) is 0 Å². The van der Waals surface area contributed by atoms with Gasteiger partial charge in [-0.15, -0.1) is 0 Å². The van der Waals surface area contributed by atoms with Gasteiger partial charge in [0.05, 0.1) is 0 Å². The molecule has 4 heteroatoms. The molecule has 17 heavy (non-hydrogen) atoms.